The Labute approximate surface area is 183 Å². The van der Waals surface area contributed by atoms with Gasteiger partial charge in [-0.3, -0.25) is 4.79 Å². The van der Waals surface area contributed by atoms with Crippen LogP contribution in [-0.2, 0) is 17.1 Å². The molecule has 0 amide bonds. The van der Waals surface area contributed by atoms with E-state index >= 15 is 0 Å². The number of nitrogens with one attached hydrogen (secondary N) is 1. The molecule has 1 aliphatic heterocycles. The van der Waals surface area contributed by atoms with Crippen molar-refractivity contribution >= 4 is 21.6 Å². The molecule has 4 heterocycles. The number of hydrogen-bond donors (Lipinski definition) is 1. The van der Waals surface area contributed by atoms with E-state index in [4.69, 9.17) is 11.6 Å². The van der Waals surface area contributed by atoms with Gasteiger partial charge >= 0.3 is 0 Å². The van der Waals surface area contributed by atoms with E-state index in [-0.39, 0.29) is 35.4 Å². The number of imidazole rings is 1. The van der Waals surface area contributed by atoms with Crippen molar-refractivity contribution in [3.8, 4) is 11.5 Å². The minimum atomic E-state index is -3.78. The lowest BCUT2D eigenvalue weighted by molar-refractivity contribution is 0.246. The molecule has 0 aliphatic carbocycles. The van der Waals surface area contributed by atoms with E-state index in [2.05, 4.69) is 15.0 Å². The third kappa shape index (κ3) is 4.15. The normalized spacial score (nSPS) is 20.1. The molecule has 164 valence electrons. The summed E-state index contributed by atoms with van der Waals surface area (Å²) in [5.74, 6) is -0.103. The fraction of sp³-hybridized carbons (Fsp3) is 0.350. The molecule has 11 heteroatoms. The number of aromatic amines is 1. The van der Waals surface area contributed by atoms with Gasteiger partial charge in [-0.1, -0.05) is 18.5 Å². The van der Waals surface area contributed by atoms with Gasteiger partial charge < -0.3 is 9.55 Å². The molecule has 1 N–H and O–H groups in total. The van der Waals surface area contributed by atoms with Crippen LogP contribution in [-0.4, -0.2) is 45.3 Å². The smallest absolute Gasteiger partial charge is 0.251 e. The highest BCUT2D eigenvalue weighted by Crippen LogP contribution is 2.37. The highest BCUT2D eigenvalue weighted by Gasteiger charge is 2.36. The molecule has 0 bridgehead atoms. The first kappa shape index (κ1) is 21.7. The van der Waals surface area contributed by atoms with Gasteiger partial charge in [0.25, 0.3) is 5.56 Å². The van der Waals surface area contributed by atoms with Crippen LogP contribution >= 0.6 is 11.6 Å². The van der Waals surface area contributed by atoms with E-state index in [1.54, 1.807) is 7.05 Å². The van der Waals surface area contributed by atoms with E-state index in [1.807, 2.05) is 6.92 Å². The Morgan fingerprint density at radius 3 is 2.71 bits per heavy atom. The molecule has 8 nitrogen and oxygen atoms in total. The van der Waals surface area contributed by atoms with Gasteiger partial charge in [0.2, 0.25) is 10.0 Å². The molecular formula is C20H21ClFN5O3S. The Morgan fingerprint density at radius 2 is 2.06 bits per heavy atom. The summed E-state index contributed by atoms with van der Waals surface area (Å²) < 4.78 is 41.9. The Morgan fingerprint density at radius 1 is 1.29 bits per heavy atom. The van der Waals surface area contributed by atoms with E-state index in [0.717, 1.165) is 12.3 Å². The molecule has 0 aromatic carbocycles. The summed E-state index contributed by atoms with van der Waals surface area (Å²) in [6.07, 6.45) is 3.08. The number of rotatable bonds is 4. The Bertz CT molecular complexity index is 1270. The zero-order chi connectivity index (χ0) is 22.3. The largest absolute Gasteiger partial charge is 0.339 e. The lowest BCUT2D eigenvalue weighted by Crippen LogP contribution is -2.42. The van der Waals surface area contributed by atoms with E-state index < -0.39 is 15.8 Å². The minimum absolute atomic E-state index is 0.00880. The van der Waals surface area contributed by atoms with Crippen LogP contribution in [0.25, 0.3) is 11.5 Å². The quantitative estimate of drug-likeness (QED) is 0.638. The van der Waals surface area contributed by atoms with E-state index in [1.165, 1.54) is 33.3 Å². The number of halogens is 2. The molecule has 0 saturated carbocycles. The zero-order valence-corrected chi connectivity index (χ0v) is 18.5. The van der Waals surface area contributed by atoms with Crippen LogP contribution in [0.3, 0.4) is 0 Å². The number of sulfonamides is 1. The summed E-state index contributed by atoms with van der Waals surface area (Å²) in [6.45, 7) is 2.51. The van der Waals surface area contributed by atoms with Crippen molar-refractivity contribution in [1.29, 1.82) is 0 Å². The SMILES string of the molecule is C[C@H]1CN(S(=O)(=O)c2ccn(C)c(=O)c2)CC[C@H]1c1[nH]c(-c2ccc(F)cn2)nc1Cl. The van der Waals surface area contributed by atoms with Crippen LogP contribution in [0.15, 0.2) is 46.3 Å². The highest BCUT2D eigenvalue weighted by molar-refractivity contribution is 7.89. The molecule has 3 aromatic rings. The van der Waals surface area contributed by atoms with Gasteiger partial charge in [-0.05, 0) is 30.5 Å². The number of pyridine rings is 2. The maximum atomic E-state index is 13.1. The van der Waals surface area contributed by atoms with Gasteiger partial charge in [0, 0.05) is 38.3 Å². The van der Waals surface area contributed by atoms with Gasteiger partial charge in [-0.15, -0.1) is 0 Å². The molecule has 0 spiro atoms. The first-order chi connectivity index (χ1) is 14.7. The lowest BCUT2D eigenvalue weighted by atomic mass is 9.86. The number of aryl methyl sites for hydroxylation is 1. The average molecular weight is 466 g/mol. The van der Waals surface area contributed by atoms with Crippen molar-refractivity contribution in [2.45, 2.75) is 24.2 Å². The molecule has 31 heavy (non-hydrogen) atoms. The van der Waals surface area contributed by atoms with Crippen molar-refractivity contribution in [1.82, 2.24) is 23.8 Å². The van der Waals surface area contributed by atoms with Crippen molar-refractivity contribution in [2.75, 3.05) is 13.1 Å². The molecule has 2 atom stereocenters. The van der Waals surface area contributed by atoms with Crippen molar-refractivity contribution in [3.63, 3.8) is 0 Å². The number of piperidine rings is 1. The number of nitrogens with zero attached hydrogens (tertiary/aromatic N) is 4. The summed E-state index contributed by atoms with van der Waals surface area (Å²) in [4.78, 5) is 23.4. The summed E-state index contributed by atoms with van der Waals surface area (Å²) in [5.41, 5.74) is 0.795. The molecule has 0 radical (unpaired) electrons. The Hall–Kier alpha value is -2.56. The second kappa shape index (κ2) is 8.18. The highest BCUT2D eigenvalue weighted by atomic mass is 35.5. The summed E-state index contributed by atoms with van der Waals surface area (Å²) >= 11 is 6.37. The fourth-order valence-corrected chi connectivity index (χ4v) is 5.67. The van der Waals surface area contributed by atoms with Gasteiger partial charge in [0.1, 0.15) is 11.5 Å². The van der Waals surface area contributed by atoms with E-state index in [0.29, 0.717) is 28.8 Å². The standard InChI is InChI=1S/C20H21ClFN5O3S/c1-12-11-27(31(29,30)14-5-7-26(2)17(28)9-14)8-6-15(12)18-19(21)25-20(24-18)16-4-3-13(22)10-23-16/h3-5,7,9-10,12,15H,6,8,11H2,1-2H3,(H,24,25)/t12-,15+/m0/s1. The van der Waals surface area contributed by atoms with E-state index in [9.17, 15) is 17.6 Å². The maximum absolute atomic E-state index is 13.1. The first-order valence-corrected chi connectivity index (χ1v) is 11.5. The Kier molecular flexibility index (Phi) is 5.71. The second-order valence-electron chi connectivity index (χ2n) is 7.70. The molecular weight excluding hydrogens is 445 g/mol. The molecule has 1 saturated heterocycles. The van der Waals surface area contributed by atoms with Gasteiger partial charge in [-0.2, -0.15) is 4.31 Å². The lowest BCUT2D eigenvalue weighted by Gasteiger charge is -2.35. The van der Waals surface area contributed by atoms with Crippen molar-refractivity contribution in [2.24, 2.45) is 13.0 Å². The summed E-state index contributed by atoms with van der Waals surface area (Å²) in [5, 5.41) is 0.292. The van der Waals surface area contributed by atoms with Crippen LogP contribution in [0.1, 0.15) is 25.0 Å². The molecule has 1 aliphatic rings. The minimum Gasteiger partial charge on any atom is -0.339 e. The summed E-state index contributed by atoms with van der Waals surface area (Å²) in [7, 11) is -2.21. The van der Waals surface area contributed by atoms with Crippen LogP contribution in [0.4, 0.5) is 4.39 Å². The van der Waals surface area contributed by atoms with Crippen LogP contribution in [0, 0.1) is 11.7 Å². The average Bonchev–Trinajstić information content (AvgIpc) is 3.11. The number of H-pyrrole nitrogens is 1. The first-order valence-electron chi connectivity index (χ1n) is 9.71. The molecule has 0 unspecified atom stereocenters. The fourth-order valence-electron chi connectivity index (χ4n) is 3.84. The summed E-state index contributed by atoms with van der Waals surface area (Å²) in [6, 6.07) is 5.37. The third-order valence-electron chi connectivity index (χ3n) is 5.61. The van der Waals surface area contributed by atoms with Crippen LogP contribution in [0.5, 0.6) is 0 Å². The third-order valence-corrected chi connectivity index (χ3v) is 7.76. The second-order valence-corrected chi connectivity index (χ2v) is 9.99. The monoisotopic (exact) mass is 465 g/mol. The van der Waals surface area contributed by atoms with Gasteiger partial charge in [0.15, 0.2) is 11.0 Å². The Balaban J connectivity index is 1.55. The van der Waals surface area contributed by atoms with Crippen LogP contribution in [0.2, 0.25) is 5.15 Å². The molecule has 1 fully saturated rings. The predicted octanol–water partition coefficient (Wildman–Crippen LogP) is 2.78. The zero-order valence-electron chi connectivity index (χ0n) is 16.9. The number of hydrogen-bond acceptors (Lipinski definition) is 5. The van der Waals surface area contributed by atoms with Gasteiger partial charge in [0.05, 0.1) is 16.8 Å². The predicted molar refractivity (Wildman–Crippen MR) is 114 cm³/mol. The van der Waals surface area contributed by atoms with Crippen LogP contribution < -0.4 is 5.56 Å². The maximum Gasteiger partial charge on any atom is 0.251 e. The topological polar surface area (TPSA) is 101 Å². The van der Waals surface area contributed by atoms with Crippen molar-refractivity contribution in [3.05, 3.63) is 63.7 Å². The van der Waals surface area contributed by atoms with Gasteiger partial charge in [-0.25, -0.2) is 22.8 Å². The van der Waals surface area contributed by atoms with Crippen molar-refractivity contribution < 1.29 is 12.8 Å². The number of aromatic nitrogens is 4. The molecule has 4 rings (SSSR count). The molecule has 3 aromatic heterocycles.